The molecule has 1 aliphatic heterocycles. The molecule has 7 nitrogen and oxygen atoms in total. The monoisotopic (exact) mass is 558 g/mol. The van der Waals surface area contributed by atoms with E-state index in [0.717, 1.165) is 27.4 Å². The molecule has 0 unspecified atom stereocenters. The number of nitrogens with zero attached hydrogens (tertiary/aromatic N) is 4. The number of piperidine rings is 1. The van der Waals surface area contributed by atoms with E-state index in [9.17, 15) is 17.6 Å². The van der Waals surface area contributed by atoms with E-state index >= 15 is 0 Å². The van der Waals surface area contributed by atoms with E-state index in [0.29, 0.717) is 23.0 Å². The molecule has 1 amide bonds. The summed E-state index contributed by atoms with van der Waals surface area (Å²) in [7, 11) is -3.99. The molecule has 1 aliphatic rings. The predicted molar refractivity (Wildman–Crippen MR) is 143 cm³/mol. The molecule has 192 valence electrons. The third-order valence-electron chi connectivity index (χ3n) is 6.55. The first kappa shape index (κ1) is 25.7. The van der Waals surface area contributed by atoms with Gasteiger partial charge in [0.15, 0.2) is 5.13 Å². The van der Waals surface area contributed by atoms with Crippen LogP contribution in [0.25, 0.3) is 10.2 Å². The van der Waals surface area contributed by atoms with Crippen LogP contribution in [0, 0.1) is 18.7 Å². The third-order valence-corrected chi connectivity index (χ3v) is 9.94. The molecule has 0 aliphatic carbocycles. The summed E-state index contributed by atoms with van der Waals surface area (Å²) in [5.74, 6) is -1.32. The SMILES string of the molecule is Cc1c(Cl)ccc2sc(N(Cc3cccnc3)C(=O)C3CCN(S(=O)(=O)c4ccccc4F)CC3)nc12. The average Bonchev–Trinajstić information content (AvgIpc) is 3.35. The first-order valence-electron chi connectivity index (χ1n) is 11.8. The Hall–Kier alpha value is -2.92. The number of thiazole rings is 1. The van der Waals surface area contributed by atoms with Crippen LogP contribution >= 0.6 is 22.9 Å². The van der Waals surface area contributed by atoms with Gasteiger partial charge in [0.05, 0.1) is 16.8 Å². The minimum atomic E-state index is -3.99. The zero-order valence-corrected chi connectivity index (χ0v) is 22.4. The van der Waals surface area contributed by atoms with Crippen LogP contribution in [0.5, 0.6) is 0 Å². The molecule has 3 heterocycles. The molecule has 37 heavy (non-hydrogen) atoms. The van der Waals surface area contributed by atoms with Crippen molar-refractivity contribution in [1.82, 2.24) is 14.3 Å². The first-order valence-corrected chi connectivity index (χ1v) is 14.4. The molecule has 0 spiro atoms. The van der Waals surface area contributed by atoms with Crippen LogP contribution in [0.3, 0.4) is 0 Å². The second-order valence-corrected chi connectivity index (χ2v) is 12.2. The second-order valence-electron chi connectivity index (χ2n) is 8.91. The van der Waals surface area contributed by atoms with E-state index in [1.54, 1.807) is 17.3 Å². The smallest absolute Gasteiger partial charge is 0.245 e. The zero-order chi connectivity index (χ0) is 26.2. The summed E-state index contributed by atoms with van der Waals surface area (Å²) in [6.45, 7) is 2.44. The van der Waals surface area contributed by atoms with Crippen molar-refractivity contribution in [1.29, 1.82) is 0 Å². The largest absolute Gasteiger partial charge is 0.283 e. The van der Waals surface area contributed by atoms with Crippen LogP contribution in [0.2, 0.25) is 5.02 Å². The number of carbonyl (C=O) groups is 1. The number of pyridine rings is 1. The Morgan fingerprint density at radius 3 is 2.62 bits per heavy atom. The highest BCUT2D eigenvalue weighted by atomic mass is 35.5. The number of rotatable bonds is 6. The van der Waals surface area contributed by atoms with Crippen molar-refractivity contribution in [3.63, 3.8) is 0 Å². The number of carbonyl (C=O) groups excluding carboxylic acids is 1. The van der Waals surface area contributed by atoms with E-state index < -0.39 is 21.8 Å². The lowest BCUT2D eigenvalue weighted by Crippen LogP contribution is -2.44. The quantitative estimate of drug-likeness (QED) is 0.315. The molecule has 0 saturated carbocycles. The van der Waals surface area contributed by atoms with Crippen LogP contribution in [-0.2, 0) is 21.4 Å². The van der Waals surface area contributed by atoms with Crippen LogP contribution in [0.1, 0.15) is 24.0 Å². The van der Waals surface area contributed by atoms with Crippen molar-refractivity contribution in [3.05, 3.63) is 82.9 Å². The summed E-state index contributed by atoms with van der Waals surface area (Å²) in [6, 6.07) is 12.8. The molecule has 11 heteroatoms. The molecule has 5 rings (SSSR count). The number of aromatic nitrogens is 2. The fourth-order valence-electron chi connectivity index (χ4n) is 4.47. The molecular formula is C26H24ClFN4O3S2. The first-order chi connectivity index (χ1) is 17.8. The van der Waals surface area contributed by atoms with Gasteiger partial charge in [-0.2, -0.15) is 4.31 Å². The van der Waals surface area contributed by atoms with Gasteiger partial charge < -0.3 is 0 Å². The van der Waals surface area contributed by atoms with E-state index in [1.165, 1.54) is 33.8 Å². The Kier molecular flexibility index (Phi) is 7.26. The summed E-state index contributed by atoms with van der Waals surface area (Å²) in [4.78, 5) is 24.1. The number of benzene rings is 2. The summed E-state index contributed by atoms with van der Waals surface area (Å²) < 4.78 is 42.4. The number of anilines is 1. The minimum absolute atomic E-state index is 0.127. The molecule has 2 aromatic heterocycles. The summed E-state index contributed by atoms with van der Waals surface area (Å²) in [6.07, 6.45) is 4.03. The minimum Gasteiger partial charge on any atom is -0.283 e. The molecule has 0 N–H and O–H groups in total. The van der Waals surface area contributed by atoms with Crippen molar-refractivity contribution in [2.24, 2.45) is 5.92 Å². The second kappa shape index (κ2) is 10.4. The van der Waals surface area contributed by atoms with Crippen LogP contribution in [0.4, 0.5) is 9.52 Å². The van der Waals surface area contributed by atoms with E-state index in [-0.39, 0.29) is 30.4 Å². The van der Waals surface area contributed by atoms with Gasteiger partial charge in [-0.1, -0.05) is 41.1 Å². The number of sulfonamides is 1. The Labute approximate surface area is 223 Å². The van der Waals surface area contributed by atoms with Crippen molar-refractivity contribution >= 4 is 54.2 Å². The maximum atomic E-state index is 14.2. The van der Waals surface area contributed by atoms with Crippen LogP contribution < -0.4 is 4.90 Å². The lowest BCUT2D eigenvalue weighted by Gasteiger charge is -2.33. The van der Waals surface area contributed by atoms with Gasteiger partial charge in [0, 0.05) is 36.4 Å². The number of halogens is 2. The van der Waals surface area contributed by atoms with Gasteiger partial charge in [-0.25, -0.2) is 17.8 Å². The molecular weight excluding hydrogens is 535 g/mol. The van der Waals surface area contributed by atoms with Crippen molar-refractivity contribution in [2.75, 3.05) is 18.0 Å². The van der Waals surface area contributed by atoms with Crippen molar-refractivity contribution in [2.45, 2.75) is 31.2 Å². The molecule has 1 fully saturated rings. The highest BCUT2D eigenvalue weighted by Gasteiger charge is 2.36. The molecule has 2 aromatic carbocycles. The predicted octanol–water partition coefficient (Wildman–Crippen LogP) is 5.43. The van der Waals surface area contributed by atoms with Gasteiger partial charge in [-0.15, -0.1) is 0 Å². The summed E-state index contributed by atoms with van der Waals surface area (Å²) in [5.41, 5.74) is 2.45. The van der Waals surface area contributed by atoms with Crippen LogP contribution in [0.15, 0.2) is 65.8 Å². The molecule has 0 atom stereocenters. The Bertz CT molecular complexity index is 1550. The van der Waals surface area contributed by atoms with Gasteiger partial charge in [0.1, 0.15) is 10.7 Å². The molecule has 0 radical (unpaired) electrons. The fraction of sp³-hybridized carbons (Fsp3) is 0.269. The Morgan fingerprint density at radius 2 is 1.92 bits per heavy atom. The molecule has 1 saturated heterocycles. The number of hydrogen-bond acceptors (Lipinski definition) is 6. The standard InChI is InChI=1S/C26H24ClFN4O3S2/c1-17-20(27)8-9-22-24(17)30-26(36-22)32(16-18-5-4-12-29-15-18)25(33)19-10-13-31(14-11-19)37(34,35)23-7-3-2-6-21(23)28/h2-9,12,15,19H,10-11,13-14,16H2,1H3. The normalized spacial score (nSPS) is 15.2. The Morgan fingerprint density at radius 1 is 1.16 bits per heavy atom. The Balaban J connectivity index is 1.40. The van der Waals surface area contributed by atoms with E-state index in [1.807, 2.05) is 31.2 Å². The van der Waals surface area contributed by atoms with E-state index in [4.69, 9.17) is 16.6 Å². The third kappa shape index (κ3) is 5.11. The number of hydrogen-bond donors (Lipinski definition) is 0. The highest BCUT2D eigenvalue weighted by molar-refractivity contribution is 7.89. The zero-order valence-electron chi connectivity index (χ0n) is 20.0. The topological polar surface area (TPSA) is 83.5 Å². The average molecular weight is 559 g/mol. The van der Waals surface area contributed by atoms with Crippen LogP contribution in [-0.4, -0.2) is 41.7 Å². The van der Waals surface area contributed by atoms with Gasteiger partial charge in [-0.3, -0.25) is 14.7 Å². The van der Waals surface area contributed by atoms with Gasteiger partial charge in [-0.05, 0) is 61.2 Å². The number of aryl methyl sites for hydroxylation is 1. The van der Waals surface area contributed by atoms with Gasteiger partial charge >= 0.3 is 0 Å². The van der Waals surface area contributed by atoms with Crippen molar-refractivity contribution in [3.8, 4) is 0 Å². The number of fused-ring (bicyclic) bond motifs is 1. The van der Waals surface area contributed by atoms with Gasteiger partial charge in [0.2, 0.25) is 15.9 Å². The van der Waals surface area contributed by atoms with Crippen molar-refractivity contribution < 1.29 is 17.6 Å². The molecule has 4 aromatic rings. The highest BCUT2D eigenvalue weighted by Crippen LogP contribution is 2.36. The van der Waals surface area contributed by atoms with Gasteiger partial charge in [0.25, 0.3) is 0 Å². The van der Waals surface area contributed by atoms with E-state index in [2.05, 4.69) is 4.98 Å². The lowest BCUT2D eigenvalue weighted by molar-refractivity contribution is -0.123. The maximum absolute atomic E-state index is 14.2. The summed E-state index contributed by atoms with van der Waals surface area (Å²) in [5, 5.41) is 1.16. The fourth-order valence-corrected chi connectivity index (χ4v) is 7.19. The maximum Gasteiger partial charge on any atom is 0.245 e. The summed E-state index contributed by atoms with van der Waals surface area (Å²) >= 11 is 7.70. The molecule has 0 bridgehead atoms. The lowest BCUT2D eigenvalue weighted by atomic mass is 9.96. The number of amides is 1.